The fourth-order valence-electron chi connectivity index (χ4n) is 2.51. The molecule has 4 heteroatoms. The molecule has 0 radical (unpaired) electrons. The van der Waals surface area contributed by atoms with Gasteiger partial charge in [-0.3, -0.25) is 0 Å². The van der Waals surface area contributed by atoms with Crippen molar-refractivity contribution in [2.24, 2.45) is 0 Å². The van der Waals surface area contributed by atoms with E-state index in [0.29, 0.717) is 12.0 Å². The Morgan fingerprint density at radius 3 is 2.40 bits per heavy atom. The van der Waals surface area contributed by atoms with Crippen molar-refractivity contribution in [3.05, 3.63) is 66.2 Å². The van der Waals surface area contributed by atoms with Crippen LogP contribution in [-0.2, 0) is 0 Å². The van der Waals surface area contributed by atoms with E-state index in [1.165, 1.54) is 5.56 Å². The van der Waals surface area contributed by atoms with Crippen LogP contribution in [0.5, 0.6) is 0 Å². The van der Waals surface area contributed by atoms with Crippen molar-refractivity contribution in [2.75, 3.05) is 10.6 Å². The van der Waals surface area contributed by atoms with Crippen LogP contribution in [-0.4, -0.2) is 16.0 Å². The summed E-state index contributed by atoms with van der Waals surface area (Å²) in [4.78, 5) is 9.34. The molecule has 3 rings (SSSR count). The monoisotopic (exact) mass is 332 g/mol. The first-order valence-corrected chi connectivity index (χ1v) is 8.69. The third kappa shape index (κ3) is 4.35. The highest BCUT2D eigenvalue weighted by Gasteiger charge is 2.09. The Hall–Kier alpha value is -2.88. The molecule has 0 aliphatic carbocycles. The Labute approximate surface area is 149 Å². The number of aryl methyl sites for hydroxylation is 1. The SMILES string of the molecule is CC[C@@H](C)Nc1nc(Nc2ccccc2C)cc(-c2ccccc2)n1. The summed E-state index contributed by atoms with van der Waals surface area (Å²) in [7, 11) is 0. The van der Waals surface area contributed by atoms with Gasteiger partial charge in [0.25, 0.3) is 0 Å². The molecule has 0 unspecified atom stereocenters. The van der Waals surface area contributed by atoms with Gasteiger partial charge in [-0.25, -0.2) is 4.98 Å². The van der Waals surface area contributed by atoms with Crippen LogP contribution >= 0.6 is 0 Å². The number of rotatable bonds is 6. The second-order valence-corrected chi connectivity index (χ2v) is 6.22. The molecule has 0 aliphatic rings. The molecule has 0 amide bonds. The number of nitrogens with one attached hydrogen (secondary N) is 2. The van der Waals surface area contributed by atoms with Crippen LogP contribution in [0.2, 0.25) is 0 Å². The Balaban J connectivity index is 1.99. The highest BCUT2D eigenvalue weighted by molar-refractivity contribution is 5.68. The van der Waals surface area contributed by atoms with Crippen LogP contribution in [0.15, 0.2) is 60.7 Å². The molecule has 2 aromatic carbocycles. The lowest BCUT2D eigenvalue weighted by atomic mass is 10.1. The predicted molar refractivity (Wildman–Crippen MR) is 105 cm³/mol. The van der Waals surface area contributed by atoms with E-state index in [1.54, 1.807) is 0 Å². The molecule has 1 aromatic heterocycles. The number of nitrogens with zero attached hydrogens (tertiary/aromatic N) is 2. The predicted octanol–water partition coefficient (Wildman–Crippen LogP) is 5.41. The average Bonchev–Trinajstić information content (AvgIpc) is 2.64. The molecule has 0 saturated heterocycles. The third-order valence-electron chi connectivity index (χ3n) is 4.19. The number of para-hydroxylation sites is 1. The molecule has 0 saturated carbocycles. The van der Waals surface area contributed by atoms with E-state index in [2.05, 4.69) is 60.7 Å². The van der Waals surface area contributed by atoms with Crippen molar-refractivity contribution in [1.29, 1.82) is 0 Å². The van der Waals surface area contributed by atoms with Gasteiger partial charge in [0.1, 0.15) is 5.82 Å². The van der Waals surface area contributed by atoms with Gasteiger partial charge in [-0.1, -0.05) is 55.5 Å². The lowest BCUT2D eigenvalue weighted by Crippen LogP contribution is -2.16. The largest absolute Gasteiger partial charge is 0.352 e. The summed E-state index contributed by atoms with van der Waals surface area (Å²) in [6, 6.07) is 20.7. The first-order chi connectivity index (χ1) is 12.2. The van der Waals surface area contributed by atoms with Crippen molar-refractivity contribution in [3.8, 4) is 11.3 Å². The van der Waals surface area contributed by atoms with Crippen LogP contribution in [0.25, 0.3) is 11.3 Å². The zero-order valence-electron chi connectivity index (χ0n) is 15.0. The van der Waals surface area contributed by atoms with E-state index < -0.39 is 0 Å². The minimum absolute atomic E-state index is 0.317. The summed E-state index contributed by atoms with van der Waals surface area (Å²) in [5.41, 5.74) is 4.20. The molecule has 1 atom stereocenters. The zero-order valence-corrected chi connectivity index (χ0v) is 15.0. The van der Waals surface area contributed by atoms with Gasteiger partial charge >= 0.3 is 0 Å². The van der Waals surface area contributed by atoms with E-state index in [4.69, 9.17) is 4.98 Å². The summed E-state index contributed by atoms with van der Waals surface area (Å²) < 4.78 is 0. The van der Waals surface area contributed by atoms with Gasteiger partial charge in [0, 0.05) is 23.4 Å². The quantitative estimate of drug-likeness (QED) is 0.634. The molecule has 0 fully saturated rings. The van der Waals surface area contributed by atoms with Crippen molar-refractivity contribution < 1.29 is 0 Å². The van der Waals surface area contributed by atoms with Crippen LogP contribution in [0.1, 0.15) is 25.8 Å². The van der Waals surface area contributed by atoms with E-state index in [9.17, 15) is 0 Å². The first-order valence-electron chi connectivity index (χ1n) is 8.69. The molecule has 3 aromatic rings. The minimum atomic E-state index is 0.317. The van der Waals surface area contributed by atoms with Gasteiger partial charge in [-0.15, -0.1) is 0 Å². The van der Waals surface area contributed by atoms with Gasteiger partial charge in [-0.05, 0) is 31.9 Å². The number of hydrogen-bond acceptors (Lipinski definition) is 4. The highest BCUT2D eigenvalue weighted by Crippen LogP contribution is 2.25. The number of hydrogen-bond donors (Lipinski definition) is 2. The molecule has 1 heterocycles. The molecule has 2 N–H and O–H groups in total. The summed E-state index contributed by atoms with van der Waals surface area (Å²) in [6.07, 6.45) is 1.01. The van der Waals surface area contributed by atoms with Crippen LogP contribution in [0.4, 0.5) is 17.5 Å². The van der Waals surface area contributed by atoms with E-state index in [-0.39, 0.29) is 0 Å². The van der Waals surface area contributed by atoms with Crippen molar-refractivity contribution >= 4 is 17.5 Å². The van der Waals surface area contributed by atoms with Crippen LogP contribution in [0.3, 0.4) is 0 Å². The van der Waals surface area contributed by atoms with Gasteiger partial charge in [0.2, 0.25) is 5.95 Å². The van der Waals surface area contributed by atoms with E-state index in [1.807, 2.05) is 36.4 Å². The normalized spacial score (nSPS) is 11.8. The lowest BCUT2D eigenvalue weighted by molar-refractivity contribution is 0.753. The van der Waals surface area contributed by atoms with Crippen LogP contribution in [0, 0.1) is 6.92 Å². The van der Waals surface area contributed by atoms with Crippen molar-refractivity contribution in [1.82, 2.24) is 9.97 Å². The second kappa shape index (κ2) is 7.79. The third-order valence-corrected chi connectivity index (χ3v) is 4.19. The summed E-state index contributed by atoms with van der Waals surface area (Å²) in [5.74, 6) is 1.43. The molecular weight excluding hydrogens is 308 g/mol. The van der Waals surface area contributed by atoms with E-state index in [0.717, 1.165) is 29.2 Å². The molecule has 0 bridgehead atoms. The lowest BCUT2D eigenvalue weighted by Gasteiger charge is -2.15. The number of benzene rings is 2. The summed E-state index contributed by atoms with van der Waals surface area (Å²) in [5, 5.41) is 6.80. The maximum atomic E-state index is 4.69. The summed E-state index contributed by atoms with van der Waals surface area (Å²) >= 11 is 0. The smallest absolute Gasteiger partial charge is 0.225 e. The molecular formula is C21H24N4. The Bertz CT molecular complexity index is 830. The maximum Gasteiger partial charge on any atom is 0.225 e. The highest BCUT2D eigenvalue weighted by atomic mass is 15.2. The van der Waals surface area contributed by atoms with Gasteiger partial charge < -0.3 is 10.6 Å². The first kappa shape index (κ1) is 17.0. The second-order valence-electron chi connectivity index (χ2n) is 6.22. The maximum absolute atomic E-state index is 4.69. The molecule has 128 valence electrons. The Morgan fingerprint density at radius 1 is 0.960 bits per heavy atom. The summed E-state index contributed by atoms with van der Waals surface area (Å²) in [6.45, 7) is 6.36. The van der Waals surface area contributed by atoms with Gasteiger partial charge in [0.05, 0.1) is 5.69 Å². The van der Waals surface area contributed by atoms with Crippen LogP contribution < -0.4 is 10.6 Å². The van der Waals surface area contributed by atoms with E-state index >= 15 is 0 Å². The van der Waals surface area contributed by atoms with Gasteiger partial charge in [0.15, 0.2) is 0 Å². The van der Waals surface area contributed by atoms with Crippen molar-refractivity contribution in [2.45, 2.75) is 33.2 Å². The fourth-order valence-corrected chi connectivity index (χ4v) is 2.51. The molecule has 0 spiro atoms. The topological polar surface area (TPSA) is 49.8 Å². The minimum Gasteiger partial charge on any atom is -0.352 e. The van der Waals surface area contributed by atoms with Gasteiger partial charge in [-0.2, -0.15) is 4.98 Å². The number of anilines is 3. The molecule has 25 heavy (non-hydrogen) atoms. The Morgan fingerprint density at radius 2 is 1.68 bits per heavy atom. The van der Waals surface area contributed by atoms with Crippen molar-refractivity contribution in [3.63, 3.8) is 0 Å². The number of aromatic nitrogens is 2. The molecule has 4 nitrogen and oxygen atoms in total. The molecule has 0 aliphatic heterocycles. The zero-order chi connectivity index (χ0) is 17.6. The fraction of sp³-hybridized carbons (Fsp3) is 0.238. The standard InChI is InChI=1S/C21H24N4/c1-4-16(3)22-21-24-19(17-11-6-5-7-12-17)14-20(25-21)23-18-13-9-8-10-15(18)2/h5-14,16H,4H2,1-3H3,(H2,22,23,24,25)/t16-/m1/s1. The average molecular weight is 332 g/mol. The Kier molecular flexibility index (Phi) is 5.29.